The average Bonchev–Trinajstić information content (AvgIpc) is 2.29. The number of hydrogen-bond donors (Lipinski definition) is 2. The fourth-order valence-electron chi connectivity index (χ4n) is 1.47. The fourth-order valence-corrected chi connectivity index (χ4v) is 1.47. The van der Waals surface area contributed by atoms with Crippen LogP contribution in [0.5, 0.6) is 0 Å². The standard InChI is InChI=1S/C14H30N4/c1-17(2)13-7-11-15-9-5-6-10-16-12-8-14-18(3)4/h15-16H,7-14H2,1-4H3. The van der Waals surface area contributed by atoms with Gasteiger partial charge in [0.25, 0.3) is 0 Å². The zero-order chi connectivity index (χ0) is 13.6. The Balaban J connectivity index is 3.15. The zero-order valence-electron chi connectivity index (χ0n) is 12.6. The van der Waals surface area contributed by atoms with Crippen LogP contribution in [0.3, 0.4) is 0 Å². The molecule has 0 aromatic heterocycles. The van der Waals surface area contributed by atoms with Gasteiger partial charge in [0.2, 0.25) is 0 Å². The SMILES string of the molecule is CN(C)CCCNCC#CCNCCCN(C)C. The summed E-state index contributed by atoms with van der Waals surface area (Å²) in [5, 5.41) is 6.65. The average molecular weight is 254 g/mol. The Morgan fingerprint density at radius 3 is 1.44 bits per heavy atom. The van der Waals surface area contributed by atoms with Crippen LogP contribution in [0.2, 0.25) is 0 Å². The van der Waals surface area contributed by atoms with Gasteiger partial charge in [-0.3, -0.25) is 0 Å². The van der Waals surface area contributed by atoms with E-state index in [1.54, 1.807) is 0 Å². The molecule has 0 radical (unpaired) electrons. The molecule has 0 spiro atoms. The summed E-state index contributed by atoms with van der Waals surface area (Å²) in [4.78, 5) is 4.40. The van der Waals surface area contributed by atoms with Crippen molar-refractivity contribution in [3.8, 4) is 11.8 Å². The van der Waals surface area contributed by atoms with Gasteiger partial charge < -0.3 is 20.4 Å². The molecule has 2 N–H and O–H groups in total. The van der Waals surface area contributed by atoms with Gasteiger partial charge in [0.15, 0.2) is 0 Å². The van der Waals surface area contributed by atoms with Crippen molar-refractivity contribution < 1.29 is 0 Å². The van der Waals surface area contributed by atoms with Crippen molar-refractivity contribution in [3.05, 3.63) is 0 Å². The Morgan fingerprint density at radius 1 is 0.722 bits per heavy atom. The van der Waals surface area contributed by atoms with E-state index in [-0.39, 0.29) is 0 Å². The molecular formula is C14H30N4. The smallest absolute Gasteiger partial charge is 0.0577 e. The van der Waals surface area contributed by atoms with Gasteiger partial charge in [-0.25, -0.2) is 0 Å². The van der Waals surface area contributed by atoms with Crippen LogP contribution in [0.1, 0.15) is 12.8 Å². The van der Waals surface area contributed by atoms with E-state index in [1.165, 1.54) is 12.8 Å². The highest BCUT2D eigenvalue weighted by Crippen LogP contribution is 1.80. The second-order valence-electron chi connectivity index (χ2n) is 5.02. The summed E-state index contributed by atoms with van der Waals surface area (Å²) in [7, 11) is 8.40. The molecule has 4 heteroatoms. The van der Waals surface area contributed by atoms with E-state index >= 15 is 0 Å². The van der Waals surface area contributed by atoms with Crippen molar-refractivity contribution in [2.75, 3.05) is 67.5 Å². The minimum Gasteiger partial charge on any atom is -0.309 e. The molecule has 0 aromatic rings. The van der Waals surface area contributed by atoms with Crippen LogP contribution in [-0.4, -0.2) is 77.3 Å². The molecule has 0 unspecified atom stereocenters. The summed E-state index contributed by atoms with van der Waals surface area (Å²) in [6.45, 7) is 5.95. The number of hydrogen-bond acceptors (Lipinski definition) is 4. The van der Waals surface area contributed by atoms with Crippen molar-refractivity contribution in [1.29, 1.82) is 0 Å². The number of rotatable bonds is 10. The van der Waals surface area contributed by atoms with E-state index in [2.05, 4.69) is 60.5 Å². The van der Waals surface area contributed by atoms with Crippen LogP contribution in [0.25, 0.3) is 0 Å². The van der Waals surface area contributed by atoms with Crippen molar-refractivity contribution in [2.24, 2.45) is 0 Å². The summed E-state index contributed by atoms with van der Waals surface area (Å²) in [5.41, 5.74) is 0. The van der Waals surface area contributed by atoms with Crippen molar-refractivity contribution in [1.82, 2.24) is 20.4 Å². The molecule has 0 fully saturated rings. The first-order valence-corrected chi connectivity index (χ1v) is 6.79. The Bertz CT molecular complexity index is 206. The molecule has 0 aliphatic carbocycles. The van der Waals surface area contributed by atoms with Crippen molar-refractivity contribution >= 4 is 0 Å². The molecule has 0 rings (SSSR count). The Kier molecular flexibility index (Phi) is 12.4. The van der Waals surface area contributed by atoms with E-state index in [4.69, 9.17) is 0 Å². The van der Waals surface area contributed by atoms with Crippen LogP contribution in [0.4, 0.5) is 0 Å². The highest BCUT2D eigenvalue weighted by molar-refractivity contribution is 5.02. The summed E-state index contributed by atoms with van der Waals surface area (Å²) in [5.74, 6) is 6.25. The molecule has 0 amide bonds. The molecule has 0 bridgehead atoms. The first kappa shape index (κ1) is 17.4. The van der Waals surface area contributed by atoms with Crippen LogP contribution in [-0.2, 0) is 0 Å². The molecule has 0 aromatic carbocycles. The normalized spacial score (nSPS) is 10.8. The summed E-state index contributed by atoms with van der Waals surface area (Å²) in [6, 6.07) is 0. The molecule has 0 aliphatic rings. The van der Waals surface area contributed by atoms with Gasteiger partial charge >= 0.3 is 0 Å². The van der Waals surface area contributed by atoms with Gasteiger partial charge in [-0.1, -0.05) is 11.8 Å². The maximum Gasteiger partial charge on any atom is 0.0577 e. The Labute approximate surface area is 113 Å². The predicted octanol–water partition coefficient (Wildman–Crippen LogP) is 0.0724. The lowest BCUT2D eigenvalue weighted by molar-refractivity contribution is 0.396. The van der Waals surface area contributed by atoms with Gasteiger partial charge in [-0.15, -0.1) is 0 Å². The van der Waals surface area contributed by atoms with E-state index in [0.717, 1.165) is 39.3 Å². The topological polar surface area (TPSA) is 30.5 Å². The monoisotopic (exact) mass is 254 g/mol. The van der Waals surface area contributed by atoms with Gasteiger partial charge in [-0.05, 0) is 67.2 Å². The second-order valence-corrected chi connectivity index (χ2v) is 5.02. The lowest BCUT2D eigenvalue weighted by atomic mass is 10.4. The van der Waals surface area contributed by atoms with E-state index in [9.17, 15) is 0 Å². The molecule has 0 aliphatic heterocycles. The maximum atomic E-state index is 3.32. The lowest BCUT2D eigenvalue weighted by Crippen LogP contribution is -2.22. The first-order valence-electron chi connectivity index (χ1n) is 6.79. The molecule has 4 nitrogen and oxygen atoms in total. The highest BCUT2D eigenvalue weighted by Gasteiger charge is 1.89. The van der Waals surface area contributed by atoms with Crippen LogP contribution in [0.15, 0.2) is 0 Å². The molecule has 0 saturated heterocycles. The van der Waals surface area contributed by atoms with Crippen LogP contribution >= 0.6 is 0 Å². The van der Waals surface area contributed by atoms with Gasteiger partial charge in [0, 0.05) is 0 Å². The molecule has 0 atom stereocenters. The third-order valence-electron chi connectivity index (χ3n) is 2.47. The van der Waals surface area contributed by atoms with Crippen LogP contribution in [0, 0.1) is 11.8 Å². The number of nitrogens with zero attached hydrogens (tertiary/aromatic N) is 2. The van der Waals surface area contributed by atoms with Crippen molar-refractivity contribution in [3.63, 3.8) is 0 Å². The fraction of sp³-hybridized carbons (Fsp3) is 0.857. The highest BCUT2D eigenvalue weighted by atomic mass is 15.1. The largest absolute Gasteiger partial charge is 0.309 e. The van der Waals surface area contributed by atoms with Crippen LogP contribution < -0.4 is 10.6 Å². The molecule has 0 saturated carbocycles. The quantitative estimate of drug-likeness (QED) is 0.427. The molecule has 18 heavy (non-hydrogen) atoms. The third-order valence-corrected chi connectivity index (χ3v) is 2.47. The summed E-state index contributed by atoms with van der Waals surface area (Å²) < 4.78 is 0. The third kappa shape index (κ3) is 15.4. The lowest BCUT2D eigenvalue weighted by Gasteiger charge is -2.08. The van der Waals surface area contributed by atoms with E-state index in [1.807, 2.05) is 0 Å². The maximum absolute atomic E-state index is 3.32. The molecule has 106 valence electrons. The minimum atomic E-state index is 0.798. The van der Waals surface area contributed by atoms with E-state index in [0.29, 0.717) is 0 Å². The minimum absolute atomic E-state index is 0.798. The summed E-state index contributed by atoms with van der Waals surface area (Å²) >= 11 is 0. The summed E-state index contributed by atoms with van der Waals surface area (Å²) in [6.07, 6.45) is 2.36. The molecule has 0 heterocycles. The predicted molar refractivity (Wildman–Crippen MR) is 79.9 cm³/mol. The second kappa shape index (κ2) is 12.8. The van der Waals surface area contributed by atoms with Gasteiger partial charge in [-0.2, -0.15) is 0 Å². The van der Waals surface area contributed by atoms with E-state index < -0.39 is 0 Å². The Hall–Kier alpha value is -0.600. The molecular weight excluding hydrogens is 224 g/mol. The van der Waals surface area contributed by atoms with Gasteiger partial charge in [0.05, 0.1) is 13.1 Å². The first-order chi connectivity index (χ1) is 8.63. The number of nitrogens with one attached hydrogen (secondary N) is 2. The Morgan fingerprint density at radius 2 is 1.11 bits per heavy atom. The zero-order valence-corrected chi connectivity index (χ0v) is 12.6. The van der Waals surface area contributed by atoms with Crippen molar-refractivity contribution in [2.45, 2.75) is 12.8 Å². The van der Waals surface area contributed by atoms with Gasteiger partial charge in [0.1, 0.15) is 0 Å².